The molecule has 1 spiro atoms. The molecule has 3 saturated heterocycles. The van der Waals surface area contributed by atoms with E-state index < -0.39 is 11.4 Å². The number of ether oxygens (including phenoxy) is 1. The molecule has 0 N–H and O–H groups in total. The summed E-state index contributed by atoms with van der Waals surface area (Å²) < 4.78 is 35.4. The van der Waals surface area contributed by atoms with Crippen molar-refractivity contribution < 1.29 is 18.3 Å². The average molecular weight is 425 g/mol. The molecule has 9 heteroatoms. The van der Waals surface area contributed by atoms with Crippen molar-refractivity contribution in [3.63, 3.8) is 0 Å². The lowest BCUT2D eigenvalue weighted by atomic mass is 9.89. The van der Waals surface area contributed by atoms with Crippen LogP contribution in [0.1, 0.15) is 37.3 Å². The molecule has 2 aromatic heterocycles. The molecule has 2 atom stereocenters. The Morgan fingerprint density at radius 3 is 2.77 bits per heavy atom. The third kappa shape index (κ3) is 2.76. The molecule has 160 valence electrons. The Balaban J connectivity index is 1.23. The minimum atomic E-state index is -0.853. The van der Waals surface area contributed by atoms with Gasteiger partial charge in [0.2, 0.25) is 0 Å². The predicted molar refractivity (Wildman–Crippen MR) is 107 cm³/mol. The van der Waals surface area contributed by atoms with Crippen molar-refractivity contribution in [2.45, 2.75) is 43.6 Å². The summed E-state index contributed by atoms with van der Waals surface area (Å²) in [5.41, 5.74) is 0.146. The molecule has 0 bridgehead atoms. The molecule has 3 aliphatic heterocycles. The fraction of sp³-hybridized carbons (Fsp3) is 0.409. The second-order valence-electron chi connectivity index (χ2n) is 8.45. The molecule has 3 aromatic rings. The van der Waals surface area contributed by atoms with E-state index in [1.807, 2.05) is 11.0 Å². The van der Waals surface area contributed by atoms with Crippen LogP contribution in [0.3, 0.4) is 0 Å². The van der Waals surface area contributed by atoms with Crippen LogP contribution in [-0.2, 0) is 9.53 Å². The number of rotatable bonds is 2. The van der Waals surface area contributed by atoms with Gasteiger partial charge in [0.05, 0.1) is 12.2 Å². The molecular weight excluding hydrogens is 404 g/mol. The fourth-order valence-corrected chi connectivity index (χ4v) is 5.27. The number of nitrogens with zero attached hydrogens (tertiary/aromatic N) is 5. The first-order valence-electron chi connectivity index (χ1n) is 10.5. The molecular formula is C22H21F2N5O2. The number of carbonyl (C=O) groups excluding carboxylic acids is 1. The normalized spacial score (nSPS) is 25.0. The maximum absolute atomic E-state index is 13.9. The van der Waals surface area contributed by atoms with Gasteiger partial charge in [-0.05, 0) is 36.6 Å². The van der Waals surface area contributed by atoms with Gasteiger partial charge in [-0.2, -0.15) is 9.61 Å². The molecule has 3 aliphatic rings. The van der Waals surface area contributed by atoms with Crippen molar-refractivity contribution in [2.24, 2.45) is 0 Å². The fourth-order valence-electron chi connectivity index (χ4n) is 5.27. The molecule has 1 aromatic carbocycles. The lowest BCUT2D eigenvalue weighted by molar-refractivity contribution is -0.140. The highest BCUT2D eigenvalue weighted by molar-refractivity contribution is 5.88. The van der Waals surface area contributed by atoms with E-state index in [0.717, 1.165) is 30.4 Å². The topological polar surface area (TPSA) is 63.0 Å². The third-order valence-electron chi connectivity index (χ3n) is 6.79. The molecule has 0 aliphatic carbocycles. The molecule has 0 radical (unpaired) electrons. The van der Waals surface area contributed by atoms with Gasteiger partial charge in [-0.15, -0.1) is 0 Å². The molecule has 0 saturated carbocycles. The summed E-state index contributed by atoms with van der Waals surface area (Å²) in [7, 11) is 0. The maximum atomic E-state index is 13.9. The standard InChI is InChI=1S/C22H21F2N5O2/c23-15-3-1-2-14(12-15)17-4-5-19-28(17)21(30)22(31-19)7-10-27(11-8-22)18-6-9-25-20-16(24)13-26-29(18)20/h1-3,6,9,12-13,17,19H,4-5,7-8,10-11H2. The second-order valence-corrected chi connectivity index (χ2v) is 8.45. The van der Waals surface area contributed by atoms with E-state index in [2.05, 4.69) is 15.0 Å². The van der Waals surface area contributed by atoms with Gasteiger partial charge in [-0.1, -0.05) is 12.1 Å². The highest BCUT2D eigenvalue weighted by atomic mass is 19.1. The molecule has 31 heavy (non-hydrogen) atoms. The van der Waals surface area contributed by atoms with Crippen LogP contribution < -0.4 is 4.90 Å². The van der Waals surface area contributed by atoms with E-state index in [4.69, 9.17) is 4.74 Å². The van der Waals surface area contributed by atoms with Crippen molar-refractivity contribution in [1.29, 1.82) is 0 Å². The number of carbonyl (C=O) groups is 1. The van der Waals surface area contributed by atoms with Crippen LogP contribution in [-0.4, -0.2) is 50.3 Å². The third-order valence-corrected chi connectivity index (χ3v) is 6.79. The van der Waals surface area contributed by atoms with E-state index in [1.165, 1.54) is 16.6 Å². The quantitative estimate of drug-likeness (QED) is 0.632. The summed E-state index contributed by atoms with van der Waals surface area (Å²) in [6, 6.07) is 8.11. The van der Waals surface area contributed by atoms with Crippen LogP contribution in [0.2, 0.25) is 0 Å². The van der Waals surface area contributed by atoms with Gasteiger partial charge in [0, 0.05) is 32.1 Å². The van der Waals surface area contributed by atoms with E-state index >= 15 is 0 Å². The van der Waals surface area contributed by atoms with E-state index in [0.29, 0.717) is 25.9 Å². The zero-order chi connectivity index (χ0) is 21.2. The Labute approximate surface area is 177 Å². The first-order chi connectivity index (χ1) is 15.1. The number of benzene rings is 1. The number of fused-ring (bicyclic) bond motifs is 2. The predicted octanol–water partition coefficient (Wildman–Crippen LogP) is 3.07. The maximum Gasteiger partial charge on any atom is 0.257 e. The Bertz CT molecular complexity index is 1170. The molecule has 5 heterocycles. The zero-order valence-electron chi connectivity index (χ0n) is 16.7. The summed E-state index contributed by atoms with van der Waals surface area (Å²) in [5.74, 6) is -0.0230. The van der Waals surface area contributed by atoms with Crippen molar-refractivity contribution in [1.82, 2.24) is 19.5 Å². The number of anilines is 1. The van der Waals surface area contributed by atoms with Crippen molar-refractivity contribution in [3.05, 3.63) is 59.9 Å². The number of hydrogen-bond acceptors (Lipinski definition) is 5. The number of amides is 1. The van der Waals surface area contributed by atoms with Crippen LogP contribution in [0.15, 0.2) is 42.7 Å². The van der Waals surface area contributed by atoms with Gasteiger partial charge in [-0.25, -0.2) is 13.8 Å². The number of aromatic nitrogens is 3. The highest BCUT2D eigenvalue weighted by Gasteiger charge is 2.58. The summed E-state index contributed by atoms with van der Waals surface area (Å²) >= 11 is 0. The summed E-state index contributed by atoms with van der Waals surface area (Å²) in [6.45, 7) is 1.16. The average Bonchev–Trinajstić information content (AvgIpc) is 3.44. The van der Waals surface area contributed by atoms with Crippen molar-refractivity contribution in [3.8, 4) is 0 Å². The second kappa shape index (κ2) is 6.71. The molecule has 6 rings (SSSR count). The van der Waals surface area contributed by atoms with Gasteiger partial charge >= 0.3 is 0 Å². The lowest BCUT2D eigenvalue weighted by Crippen LogP contribution is -2.50. The number of piperidine rings is 1. The molecule has 1 amide bonds. The van der Waals surface area contributed by atoms with Crippen LogP contribution in [0.25, 0.3) is 5.65 Å². The Morgan fingerprint density at radius 1 is 1.13 bits per heavy atom. The van der Waals surface area contributed by atoms with Crippen molar-refractivity contribution >= 4 is 17.4 Å². The lowest BCUT2D eigenvalue weighted by Gasteiger charge is -2.38. The first kappa shape index (κ1) is 18.7. The summed E-state index contributed by atoms with van der Waals surface area (Å²) in [6.07, 6.45) is 5.03. The molecule has 3 fully saturated rings. The molecule has 7 nitrogen and oxygen atoms in total. The van der Waals surface area contributed by atoms with E-state index in [-0.39, 0.29) is 29.6 Å². The SMILES string of the molecule is O=C1N2C(CCC2c2cccc(F)c2)OC12CCN(c1ccnc3c(F)cnn13)CC2. The molecule has 2 unspecified atom stereocenters. The minimum Gasteiger partial charge on any atom is -0.356 e. The van der Waals surface area contributed by atoms with Crippen LogP contribution in [0.5, 0.6) is 0 Å². The largest absolute Gasteiger partial charge is 0.356 e. The summed E-state index contributed by atoms with van der Waals surface area (Å²) in [5, 5.41) is 4.09. The van der Waals surface area contributed by atoms with Crippen LogP contribution in [0.4, 0.5) is 14.6 Å². The Hall–Kier alpha value is -3.07. The van der Waals surface area contributed by atoms with Gasteiger partial charge in [-0.3, -0.25) is 4.79 Å². The van der Waals surface area contributed by atoms with Gasteiger partial charge in [0.1, 0.15) is 17.9 Å². The van der Waals surface area contributed by atoms with Gasteiger partial charge < -0.3 is 14.5 Å². The Kier molecular flexibility index (Phi) is 4.05. The van der Waals surface area contributed by atoms with E-state index in [1.54, 1.807) is 18.3 Å². The van der Waals surface area contributed by atoms with Gasteiger partial charge in [0.15, 0.2) is 17.1 Å². The smallest absolute Gasteiger partial charge is 0.257 e. The zero-order valence-corrected chi connectivity index (χ0v) is 16.7. The Morgan fingerprint density at radius 2 is 1.97 bits per heavy atom. The van der Waals surface area contributed by atoms with Crippen molar-refractivity contribution in [2.75, 3.05) is 18.0 Å². The van der Waals surface area contributed by atoms with Crippen LogP contribution >= 0.6 is 0 Å². The van der Waals surface area contributed by atoms with Gasteiger partial charge in [0.25, 0.3) is 5.91 Å². The van der Waals surface area contributed by atoms with Crippen LogP contribution in [0, 0.1) is 11.6 Å². The monoisotopic (exact) mass is 425 g/mol. The highest BCUT2D eigenvalue weighted by Crippen LogP contribution is 2.47. The summed E-state index contributed by atoms with van der Waals surface area (Å²) in [4.78, 5) is 21.4. The van der Waals surface area contributed by atoms with E-state index in [9.17, 15) is 13.6 Å². The minimum absolute atomic E-state index is 0.00563. The number of hydrogen-bond donors (Lipinski definition) is 0. The first-order valence-corrected chi connectivity index (χ1v) is 10.5. The number of halogens is 2.